The van der Waals surface area contributed by atoms with Crippen molar-refractivity contribution < 1.29 is 19.1 Å². The molecule has 0 bridgehead atoms. The van der Waals surface area contributed by atoms with E-state index in [0.29, 0.717) is 17.6 Å². The molecule has 1 fully saturated rings. The zero-order chi connectivity index (χ0) is 14.2. The zero-order valence-corrected chi connectivity index (χ0v) is 11.9. The normalized spacial score (nSPS) is 16.9. The number of carbonyl (C=O) groups excluding carboxylic acids is 1. The first-order valence-electron chi connectivity index (χ1n) is 5.86. The molecule has 1 saturated heterocycles. The van der Waals surface area contributed by atoms with Crippen molar-refractivity contribution in [1.82, 2.24) is 4.90 Å². The van der Waals surface area contributed by atoms with Crippen LogP contribution < -0.4 is 0 Å². The van der Waals surface area contributed by atoms with Crippen LogP contribution in [0.5, 0.6) is 0 Å². The second kappa shape index (κ2) is 5.28. The Kier molecular flexibility index (Phi) is 3.89. The van der Waals surface area contributed by atoms with Gasteiger partial charge in [0.1, 0.15) is 5.82 Å². The molecular weight excluding hydrogens is 317 g/mol. The molecule has 1 unspecified atom stereocenters. The largest absolute Gasteiger partial charge is 0.481 e. The molecule has 1 heterocycles. The molecular formula is C13H13BrFNO3. The minimum atomic E-state index is -0.856. The molecule has 0 spiro atoms. The smallest absolute Gasteiger partial charge is 0.306 e. The summed E-state index contributed by atoms with van der Waals surface area (Å²) in [4.78, 5) is 24.4. The summed E-state index contributed by atoms with van der Waals surface area (Å²) in [5.74, 6) is -2.10. The van der Waals surface area contributed by atoms with Gasteiger partial charge in [-0.15, -0.1) is 0 Å². The summed E-state index contributed by atoms with van der Waals surface area (Å²) in [7, 11) is 0. The van der Waals surface area contributed by atoms with E-state index in [4.69, 9.17) is 5.11 Å². The van der Waals surface area contributed by atoms with Crippen LogP contribution >= 0.6 is 15.9 Å². The third kappa shape index (κ3) is 2.94. The van der Waals surface area contributed by atoms with E-state index < -0.39 is 17.7 Å². The third-order valence-electron chi connectivity index (χ3n) is 3.40. The molecule has 1 aliphatic heterocycles. The van der Waals surface area contributed by atoms with Crippen molar-refractivity contribution in [3.8, 4) is 0 Å². The van der Waals surface area contributed by atoms with Crippen LogP contribution in [0, 0.1) is 17.7 Å². The second-order valence-corrected chi connectivity index (χ2v) is 5.67. The highest BCUT2D eigenvalue weighted by Gasteiger charge is 2.37. The number of carbonyl (C=O) groups is 2. The van der Waals surface area contributed by atoms with Gasteiger partial charge in [0.05, 0.1) is 5.92 Å². The number of nitrogens with zero attached hydrogens (tertiary/aromatic N) is 1. The quantitative estimate of drug-likeness (QED) is 0.926. The van der Waals surface area contributed by atoms with E-state index in [1.165, 1.54) is 17.0 Å². The topological polar surface area (TPSA) is 57.6 Å². The Hall–Kier alpha value is -1.43. The Morgan fingerprint density at radius 3 is 2.58 bits per heavy atom. The number of halogens is 2. The average Bonchev–Trinajstić information content (AvgIpc) is 2.25. The maximum absolute atomic E-state index is 13.2. The maximum Gasteiger partial charge on any atom is 0.306 e. The number of hydrogen-bond donors (Lipinski definition) is 1. The molecule has 1 N–H and O–H groups in total. The van der Waals surface area contributed by atoms with Crippen molar-refractivity contribution in [3.63, 3.8) is 0 Å². The van der Waals surface area contributed by atoms with Crippen LogP contribution in [0.25, 0.3) is 0 Å². The molecule has 1 amide bonds. The Bertz CT molecular complexity index is 508. The minimum absolute atomic E-state index is 0.0292. The number of aliphatic carboxylic acids is 1. The third-order valence-corrected chi connectivity index (χ3v) is 3.86. The van der Waals surface area contributed by atoms with E-state index in [1.807, 2.05) is 0 Å². The number of rotatable bonds is 3. The van der Waals surface area contributed by atoms with Gasteiger partial charge in [-0.1, -0.05) is 22.9 Å². The number of hydrogen-bond acceptors (Lipinski definition) is 2. The van der Waals surface area contributed by atoms with Gasteiger partial charge in [0.15, 0.2) is 0 Å². The van der Waals surface area contributed by atoms with E-state index in [-0.39, 0.29) is 17.4 Å². The van der Waals surface area contributed by atoms with Gasteiger partial charge in [0.25, 0.3) is 5.91 Å². The number of amides is 1. The number of carboxylic acid groups (broad SMARTS) is 1. The fraction of sp³-hybridized carbons (Fsp3) is 0.385. The van der Waals surface area contributed by atoms with Crippen molar-refractivity contribution in [2.75, 3.05) is 13.1 Å². The van der Waals surface area contributed by atoms with E-state index in [2.05, 4.69) is 15.9 Å². The summed E-state index contributed by atoms with van der Waals surface area (Å²) >= 11 is 3.14. The van der Waals surface area contributed by atoms with Crippen molar-refractivity contribution >= 4 is 27.8 Å². The SMILES string of the molecule is CC(C(=O)O)C1CN(C(=O)c2cc(F)cc(Br)c2)C1. The van der Waals surface area contributed by atoms with Gasteiger partial charge in [-0.3, -0.25) is 9.59 Å². The first kappa shape index (κ1) is 14.0. The van der Waals surface area contributed by atoms with Gasteiger partial charge in [-0.05, 0) is 18.2 Å². The number of likely N-dealkylation sites (tertiary alicyclic amines) is 1. The molecule has 0 aliphatic carbocycles. The van der Waals surface area contributed by atoms with Crippen LogP contribution in [0.2, 0.25) is 0 Å². The van der Waals surface area contributed by atoms with Crippen LogP contribution in [-0.4, -0.2) is 35.0 Å². The summed E-state index contributed by atoms with van der Waals surface area (Å²) in [5.41, 5.74) is 0.272. The van der Waals surface area contributed by atoms with Gasteiger partial charge in [-0.25, -0.2) is 4.39 Å². The lowest BCUT2D eigenvalue weighted by Crippen LogP contribution is -2.53. The summed E-state index contributed by atoms with van der Waals surface area (Å²) < 4.78 is 13.7. The second-order valence-electron chi connectivity index (χ2n) is 4.76. The van der Waals surface area contributed by atoms with Crippen molar-refractivity contribution in [1.29, 1.82) is 0 Å². The van der Waals surface area contributed by atoms with Gasteiger partial charge in [0, 0.05) is 29.0 Å². The molecule has 0 aromatic heterocycles. The highest BCUT2D eigenvalue weighted by molar-refractivity contribution is 9.10. The van der Waals surface area contributed by atoms with Gasteiger partial charge >= 0.3 is 5.97 Å². The fourth-order valence-electron chi connectivity index (χ4n) is 2.06. The summed E-state index contributed by atoms with van der Waals surface area (Å²) in [5, 5.41) is 8.87. The van der Waals surface area contributed by atoms with E-state index in [1.54, 1.807) is 13.0 Å². The summed E-state index contributed by atoms with van der Waals surface area (Å²) in [6.45, 7) is 2.44. The van der Waals surface area contributed by atoms with E-state index in [9.17, 15) is 14.0 Å². The molecule has 4 nitrogen and oxygen atoms in total. The van der Waals surface area contributed by atoms with E-state index >= 15 is 0 Å². The minimum Gasteiger partial charge on any atom is -0.481 e. The fourth-order valence-corrected chi connectivity index (χ4v) is 2.52. The molecule has 102 valence electrons. The summed E-state index contributed by atoms with van der Waals surface area (Å²) in [6, 6.07) is 4.02. The Balaban J connectivity index is 2.02. The molecule has 19 heavy (non-hydrogen) atoms. The first-order chi connectivity index (χ1) is 8.88. The molecule has 1 aliphatic rings. The van der Waals surface area contributed by atoms with Crippen molar-refractivity contribution in [2.45, 2.75) is 6.92 Å². The molecule has 6 heteroatoms. The van der Waals surface area contributed by atoms with Crippen LogP contribution in [0.3, 0.4) is 0 Å². The molecule has 0 saturated carbocycles. The molecule has 1 aromatic carbocycles. The Morgan fingerprint density at radius 2 is 2.05 bits per heavy atom. The lowest BCUT2D eigenvalue weighted by Gasteiger charge is -2.41. The Labute approximate surface area is 118 Å². The lowest BCUT2D eigenvalue weighted by atomic mass is 9.86. The van der Waals surface area contributed by atoms with Crippen LogP contribution in [-0.2, 0) is 4.79 Å². The predicted octanol–water partition coefficient (Wildman–Crippen LogP) is 2.38. The standard InChI is InChI=1S/C13H13BrFNO3/c1-7(13(18)19)9-5-16(6-9)12(17)8-2-10(14)4-11(15)3-8/h2-4,7,9H,5-6H2,1H3,(H,18,19). The lowest BCUT2D eigenvalue weighted by molar-refractivity contribution is -0.144. The molecule has 1 aromatic rings. The first-order valence-corrected chi connectivity index (χ1v) is 6.66. The highest BCUT2D eigenvalue weighted by Crippen LogP contribution is 2.26. The number of benzene rings is 1. The zero-order valence-electron chi connectivity index (χ0n) is 10.3. The van der Waals surface area contributed by atoms with Crippen molar-refractivity contribution in [3.05, 3.63) is 34.1 Å². The predicted molar refractivity (Wildman–Crippen MR) is 70.3 cm³/mol. The molecule has 0 radical (unpaired) electrons. The monoisotopic (exact) mass is 329 g/mol. The van der Waals surface area contributed by atoms with Gasteiger partial charge < -0.3 is 10.0 Å². The number of carboxylic acids is 1. The van der Waals surface area contributed by atoms with Crippen LogP contribution in [0.15, 0.2) is 22.7 Å². The van der Waals surface area contributed by atoms with E-state index in [0.717, 1.165) is 0 Å². The molecule has 1 atom stereocenters. The van der Waals surface area contributed by atoms with Gasteiger partial charge in [-0.2, -0.15) is 0 Å². The maximum atomic E-state index is 13.2. The Morgan fingerprint density at radius 1 is 1.42 bits per heavy atom. The van der Waals surface area contributed by atoms with Crippen molar-refractivity contribution in [2.24, 2.45) is 11.8 Å². The molecule has 2 rings (SSSR count). The highest BCUT2D eigenvalue weighted by atomic mass is 79.9. The van der Waals surface area contributed by atoms with Crippen LogP contribution in [0.1, 0.15) is 17.3 Å². The average molecular weight is 330 g/mol. The van der Waals surface area contributed by atoms with Gasteiger partial charge in [0.2, 0.25) is 0 Å². The van der Waals surface area contributed by atoms with Crippen LogP contribution in [0.4, 0.5) is 4.39 Å². The summed E-state index contributed by atoms with van der Waals surface area (Å²) in [6.07, 6.45) is 0.